The van der Waals surface area contributed by atoms with Gasteiger partial charge < -0.3 is 15.4 Å². The van der Waals surface area contributed by atoms with Gasteiger partial charge in [-0.15, -0.1) is 0 Å². The third kappa shape index (κ3) is 5.65. The van der Waals surface area contributed by atoms with E-state index in [2.05, 4.69) is 5.32 Å². The Bertz CT molecular complexity index is 1030. The van der Waals surface area contributed by atoms with Crippen molar-refractivity contribution in [1.82, 2.24) is 10.6 Å². The summed E-state index contributed by atoms with van der Waals surface area (Å²) in [6.45, 7) is 2.66. The van der Waals surface area contributed by atoms with Gasteiger partial charge >= 0.3 is 6.18 Å². The zero-order valence-electron chi connectivity index (χ0n) is 17.4. The van der Waals surface area contributed by atoms with Gasteiger partial charge in [-0.3, -0.25) is 9.59 Å². The molecule has 5 nitrogen and oxygen atoms in total. The molecule has 0 radical (unpaired) electrons. The molecule has 31 heavy (non-hydrogen) atoms. The van der Waals surface area contributed by atoms with E-state index in [4.69, 9.17) is 4.74 Å². The number of hydrogen-bond donors (Lipinski definition) is 2. The second kappa shape index (κ2) is 8.45. The SMILES string of the molecule is COc1ccc2c(c1)/C(=C/C(=O)c1ccc(C(=O)NCC(F)(F)F)cc1)NC(C)(C)C2. The predicted molar refractivity (Wildman–Crippen MR) is 111 cm³/mol. The molecule has 0 bridgehead atoms. The summed E-state index contributed by atoms with van der Waals surface area (Å²) >= 11 is 0. The monoisotopic (exact) mass is 432 g/mol. The molecule has 0 atom stereocenters. The number of halogens is 3. The number of hydrogen-bond acceptors (Lipinski definition) is 4. The van der Waals surface area contributed by atoms with Crippen LogP contribution in [0.25, 0.3) is 5.70 Å². The zero-order chi connectivity index (χ0) is 22.8. The number of nitrogens with one attached hydrogen (secondary N) is 2. The molecular weight excluding hydrogens is 409 g/mol. The standard InChI is InChI=1S/C23H23F3N2O3/c1-22(2)12-16-8-9-17(31-3)10-18(16)19(28-22)11-20(29)14-4-6-15(7-5-14)21(30)27-13-23(24,25)26/h4-11,28H,12-13H2,1-3H3,(H,27,30)/b19-11-. The summed E-state index contributed by atoms with van der Waals surface area (Å²) < 4.78 is 42.1. The number of carbonyl (C=O) groups excluding carboxylic acids is 2. The average Bonchev–Trinajstić information content (AvgIpc) is 2.70. The molecule has 2 aromatic rings. The lowest BCUT2D eigenvalue weighted by molar-refractivity contribution is -0.123. The van der Waals surface area contributed by atoms with Gasteiger partial charge in [-0.2, -0.15) is 13.2 Å². The molecule has 0 unspecified atom stereocenters. The van der Waals surface area contributed by atoms with Gasteiger partial charge in [-0.1, -0.05) is 18.2 Å². The maximum Gasteiger partial charge on any atom is 0.405 e. The summed E-state index contributed by atoms with van der Waals surface area (Å²) in [5.41, 5.74) is 2.71. The van der Waals surface area contributed by atoms with Crippen LogP contribution in [-0.2, 0) is 6.42 Å². The van der Waals surface area contributed by atoms with Crippen LogP contribution in [-0.4, -0.2) is 37.1 Å². The minimum atomic E-state index is -4.49. The van der Waals surface area contributed by atoms with E-state index in [1.807, 2.05) is 32.0 Å². The van der Waals surface area contributed by atoms with Gasteiger partial charge in [0.1, 0.15) is 12.3 Å². The smallest absolute Gasteiger partial charge is 0.405 e. The fraction of sp³-hybridized carbons (Fsp3) is 0.304. The maximum atomic E-state index is 12.8. The van der Waals surface area contributed by atoms with E-state index in [-0.39, 0.29) is 16.9 Å². The Morgan fingerprint density at radius 3 is 2.39 bits per heavy atom. The lowest BCUT2D eigenvalue weighted by atomic mass is 9.85. The van der Waals surface area contributed by atoms with Gasteiger partial charge in [-0.25, -0.2) is 0 Å². The van der Waals surface area contributed by atoms with Gasteiger partial charge in [0.25, 0.3) is 5.91 Å². The largest absolute Gasteiger partial charge is 0.497 e. The summed E-state index contributed by atoms with van der Waals surface area (Å²) in [7, 11) is 1.57. The fourth-order valence-corrected chi connectivity index (χ4v) is 3.44. The Morgan fingerprint density at radius 2 is 1.77 bits per heavy atom. The molecule has 1 heterocycles. The molecule has 0 aromatic heterocycles. The molecule has 0 saturated heterocycles. The number of ketones is 1. The van der Waals surface area contributed by atoms with Crippen molar-refractivity contribution < 1.29 is 27.5 Å². The number of allylic oxidation sites excluding steroid dienone is 1. The first-order valence-electron chi connectivity index (χ1n) is 9.64. The number of ether oxygens (including phenoxy) is 1. The van der Waals surface area contributed by atoms with Crippen LogP contribution in [0.5, 0.6) is 5.75 Å². The van der Waals surface area contributed by atoms with E-state index in [1.165, 1.54) is 30.3 Å². The molecule has 1 amide bonds. The van der Waals surface area contributed by atoms with E-state index in [9.17, 15) is 22.8 Å². The second-order valence-electron chi connectivity index (χ2n) is 8.01. The Kier molecular flexibility index (Phi) is 6.10. The lowest BCUT2D eigenvalue weighted by Gasteiger charge is -2.35. The summed E-state index contributed by atoms with van der Waals surface area (Å²) in [6, 6.07) is 11.2. The van der Waals surface area contributed by atoms with Crippen LogP contribution in [0.3, 0.4) is 0 Å². The first-order valence-corrected chi connectivity index (χ1v) is 9.64. The molecule has 1 aliphatic heterocycles. The molecule has 0 aliphatic carbocycles. The average molecular weight is 432 g/mol. The molecule has 164 valence electrons. The Hall–Kier alpha value is -3.29. The van der Waals surface area contributed by atoms with Crippen LogP contribution < -0.4 is 15.4 Å². The van der Waals surface area contributed by atoms with E-state index < -0.39 is 18.6 Å². The third-order valence-electron chi connectivity index (χ3n) is 4.87. The quantitative estimate of drug-likeness (QED) is 0.551. The van der Waals surface area contributed by atoms with Crippen molar-refractivity contribution in [1.29, 1.82) is 0 Å². The van der Waals surface area contributed by atoms with Crippen molar-refractivity contribution in [3.8, 4) is 5.75 Å². The highest BCUT2D eigenvalue weighted by Gasteiger charge is 2.29. The topological polar surface area (TPSA) is 67.4 Å². The van der Waals surface area contributed by atoms with Crippen molar-refractivity contribution in [3.05, 3.63) is 70.8 Å². The molecule has 1 aliphatic rings. The van der Waals surface area contributed by atoms with Crippen LogP contribution in [0.1, 0.15) is 45.7 Å². The molecule has 0 spiro atoms. The second-order valence-corrected chi connectivity index (χ2v) is 8.01. The van der Waals surface area contributed by atoms with Crippen LogP contribution in [0.2, 0.25) is 0 Å². The van der Waals surface area contributed by atoms with E-state index in [0.717, 1.165) is 17.5 Å². The van der Waals surface area contributed by atoms with Gasteiger partial charge in [0.15, 0.2) is 5.78 Å². The van der Waals surface area contributed by atoms with Crippen LogP contribution in [0.4, 0.5) is 13.2 Å². The third-order valence-corrected chi connectivity index (χ3v) is 4.87. The number of fused-ring (bicyclic) bond motifs is 1. The van der Waals surface area contributed by atoms with Crippen molar-refractivity contribution in [3.63, 3.8) is 0 Å². The number of alkyl halides is 3. The highest BCUT2D eigenvalue weighted by atomic mass is 19.4. The van der Waals surface area contributed by atoms with Crippen LogP contribution in [0.15, 0.2) is 48.5 Å². The molecule has 2 aromatic carbocycles. The first kappa shape index (κ1) is 22.4. The van der Waals surface area contributed by atoms with Crippen molar-refractivity contribution >= 4 is 17.4 Å². The Balaban J connectivity index is 1.83. The minimum absolute atomic E-state index is 0.0421. The maximum absolute atomic E-state index is 12.8. The summed E-state index contributed by atoms with van der Waals surface area (Å²) in [5, 5.41) is 5.18. The van der Waals surface area contributed by atoms with Gasteiger partial charge in [0, 0.05) is 34.0 Å². The van der Waals surface area contributed by atoms with Crippen molar-refractivity contribution in [2.24, 2.45) is 0 Å². The van der Waals surface area contributed by atoms with Gasteiger partial charge in [0.2, 0.25) is 0 Å². The van der Waals surface area contributed by atoms with Crippen LogP contribution in [0, 0.1) is 0 Å². The van der Waals surface area contributed by atoms with E-state index in [1.54, 1.807) is 12.4 Å². The highest BCUT2D eigenvalue weighted by Crippen LogP contribution is 2.32. The van der Waals surface area contributed by atoms with E-state index in [0.29, 0.717) is 17.0 Å². The molecule has 2 N–H and O–H groups in total. The molecular formula is C23H23F3N2O3. The van der Waals surface area contributed by atoms with Crippen LogP contribution >= 0.6 is 0 Å². The van der Waals surface area contributed by atoms with Crippen molar-refractivity contribution in [2.75, 3.05) is 13.7 Å². The summed E-state index contributed by atoms with van der Waals surface area (Å²) in [6.07, 6.45) is -2.23. The molecule has 8 heteroatoms. The molecule has 3 rings (SSSR count). The first-order chi connectivity index (χ1) is 14.5. The number of carbonyl (C=O) groups is 2. The fourth-order valence-electron chi connectivity index (χ4n) is 3.44. The number of rotatable bonds is 5. The molecule has 0 fully saturated rings. The van der Waals surface area contributed by atoms with E-state index >= 15 is 0 Å². The summed E-state index contributed by atoms with van der Waals surface area (Å²) in [5.74, 6) is -0.476. The van der Waals surface area contributed by atoms with Crippen molar-refractivity contribution in [2.45, 2.75) is 32.0 Å². The van der Waals surface area contributed by atoms with Gasteiger partial charge in [-0.05, 0) is 50.1 Å². The Labute approximate surface area is 178 Å². The minimum Gasteiger partial charge on any atom is -0.497 e. The molecule has 0 saturated carbocycles. The zero-order valence-corrected chi connectivity index (χ0v) is 17.4. The normalized spacial score (nSPS) is 16.3. The highest BCUT2D eigenvalue weighted by molar-refractivity contribution is 6.09. The Morgan fingerprint density at radius 1 is 1.13 bits per heavy atom. The number of benzene rings is 2. The number of methoxy groups -OCH3 is 1. The summed E-state index contributed by atoms with van der Waals surface area (Å²) in [4.78, 5) is 24.7. The number of amides is 1. The predicted octanol–water partition coefficient (Wildman–Crippen LogP) is 4.14. The van der Waals surface area contributed by atoms with Gasteiger partial charge in [0.05, 0.1) is 7.11 Å². The lowest BCUT2D eigenvalue weighted by Crippen LogP contribution is -2.43.